The second kappa shape index (κ2) is 9.23. The Labute approximate surface area is 204 Å². The molecule has 0 bridgehead atoms. The van der Waals surface area contributed by atoms with E-state index in [2.05, 4.69) is 136 Å². The molecule has 3 rings (SSSR count). The van der Waals surface area contributed by atoms with Gasteiger partial charge in [0.2, 0.25) is 0 Å². The summed E-state index contributed by atoms with van der Waals surface area (Å²) >= 11 is 0. The average molecular weight is 457 g/mol. The number of hydrogen-bond acceptors (Lipinski definition) is 0. The normalized spacial score (nSPS) is 13.3. The van der Waals surface area contributed by atoms with E-state index in [9.17, 15) is 0 Å². The first-order valence-corrected chi connectivity index (χ1v) is 13.0. The lowest BCUT2D eigenvalue weighted by Gasteiger charge is -2.33. The first-order valence-electron chi connectivity index (χ1n) is 12.1. The molecule has 0 aliphatic rings. The third kappa shape index (κ3) is 5.85. The highest BCUT2D eigenvalue weighted by Crippen LogP contribution is 2.36. The Balaban J connectivity index is 2.47. The van der Waals surface area contributed by atoms with Crippen LogP contribution in [0.25, 0.3) is 0 Å². The van der Waals surface area contributed by atoms with E-state index in [0.29, 0.717) is 0 Å². The van der Waals surface area contributed by atoms with E-state index in [1.165, 1.54) is 52.2 Å². The lowest BCUT2D eigenvalue weighted by Crippen LogP contribution is -2.30. The van der Waals surface area contributed by atoms with E-state index < -0.39 is 0 Å². The van der Waals surface area contributed by atoms with Gasteiger partial charge >= 0.3 is 0 Å². The van der Waals surface area contributed by atoms with Crippen molar-refractivity contribution in [3.63, 3.8) is 0 Å². The zero-order valence-electron chi connectivity index (χ0n) is 22.3. The predicted molar refractivity (Wildman–Crippen MR) is 150 cm³/mol. The molecule has 0 aliphatic carbocycles. The zero-order chi connectivity index (χ0) is 24.6. The van der Waals surface area contributed by atoms with E-state index in [0.717, 1.165) is 0 Å². The minimum Gasteiger partial charge on any atom is -0.0622 e. The Morgan fingerprint density at radius 1 is 0.606 bits per heavy atom. The Morgan fingerprint density at radius 2 is 1.09 bits per heavy atom. The molecule has 0 atom stereocenters. The maximum atomic E-state index is 2.48. The van der Waals surface area contributed by atoms with Gasteiger partial charge in [0.25, 0.3) is 0 Å². The molecule has 0 unspecified atom stereocenters. The standard InChI is InChI=1S/C32H41P/c1-22-16-14-15-19-25(22)28(23-17-12-11-13-18-23)33-29-26(31(5,6)7)20-24(30(2,3)4)21-27(29)32(8,9)10/h11-21H,1-10H3. The van der Waals surface area contributed by atoms with E-state index in [1.54, 1.807) is 0 Å². The fraction of sp³-hybridized carbons (Fsp3) is 0.406. The Hall–Kier alpha value is -2.17. The maximum Gasteiger partial charge on any atom is 0.0171 e. The Bertz CT molecular complexity index is 1110. The summed E-state index contributed by atoms with van der Waals surface area (Å²) in [5, 5.41) is 2.85. The summed E-state index contributed by atoms with van der Waals surface area (Å²) in [6, 6.07) is 24.7. The van der Waals surface area contributed by atoms with Gasteiger partial charge in [0.05, 0.1) is 0 Å². The summed E-state index contributed by atoms with van der Waals surface area (Å²) in [6.45, 7) is 23.4. The van der Waals surface area contributed by atoms with Gasteiger partial charge in [-0.25, -0.2) is 0 Å². The van der Waals surface area contributed by atoms with Crippen molar-refractivity contribution in [3.8, 4) is 0 Å². The second-order valence-electron chi connectivity index (χ2n) is 12.3. The van der Waals surface area contributed by atoms with Crippen molar-refractivity contribution in [2.75, 3.05) is 0 Å². The van der Waals surface area contributed by atoms with E-state index in [4.69, 9.17) is 0 Å². The van der Waals surface area contributed by atoms with E-state index in [1.807, 2.05) is 0 Å². The average Bonchev–Trinajstić information content (AvgIpc) is 2.70. The molecule has 0 heterocycles. The summed E-state index contributed by atoms with van der Waals surface area (Å²) in [5.74, 6) is 0. The van der Waals surface area contributed by atoms with Crippen LogP contribution in [0.1, 0.15) is 95.7 Å². The van der Waals surface area contributed by atoms with Crippen LogP contribution in [0.15, 0.2) is 66.7 Å². The predicted octanol–water partition coefficient (Wildman–Crippen LogP) is 8.73. The van der Waals surface area contributed by atoms with Crippen molar-refractivity contribution in [2.45, 2.75) is 85.5 Å². The van der Waals surface area contributed by atoms with E-state index >= 15 is 0 Å². The molecule has 0 spiro atoms. The first-order chi connectivity index (χ1) is 15.2. The van der Waals surface area contributed by atoms with Crippen LogP contribution in [0.2, 0.25) is 0 Å². The van der Waals surface area contributed by atoms with Gasteiger partial charge in [0, 0.05) is 10.6 Å². The van der Waals surface area contributed by atoms with Gasteiger partial charge in [-0.05, 0) is 56.5 Å². The molecule has 0 saturated carbocycles. The van der Waals surface area contributed by atoms with Crippen LogP contribution in [0.5, 0.6) is 0 Å². The fourth-order valence-corrected chi connectivity index (χ4v) is 6.07. The number of rotatable bonds is 3. The molecule has 0 radical (unpaired) electrons. The van der Waals surface area contributed by atoms with Gasteiger partial charge < -0.3 is 0 Å². The van der Waals surface area contributed by atoms with Crippen LogP contribution in [-0.4, -0.2) is 5.29 Å². The first kappa shape index (κ1) is 25.5. The topological polar surface area (TPSA) is 0 Å². The summed E-state index contributed by atoms with van der Waals surface area (Å²) in [7, 11) is 1.27. The molecule has 3 aromatic carbocycles. The van der Waals surface area contributed by atoms with Gasteiger partial charge in [-0.1, -0.05) is 137 Å². The molecule has 0 amide bonds. The lowest BCUT2D eigenvalue weighted by atomic mass is 9.75. The molecule has 0 aliphatic heterocycles. The smallest absolute Gasteiger partial charge is 0.0171 e. The summed E-state index contributed by atoms with van der Waals surface area (Å²) in [4.78, 5) is 0. The molecular formula is C32H41P. The van der Waals surface area contributed by atoms with Crippen molar-refractivity contribution >= 4 is 18.8 Å². The highest BCUT2D eigenvalue weighted by Gasteiger charge is 2.29. The van der Waals surface area contributed by atoms with Crippen LogP contribution in [0.4, 0.5) is 0 Å². The van der Waals surface area contributed by atoms with Crippen molar-refractivity contribution in [1.29, 1.82) is 0 Å². The Kier molecular flexibility index (Phi) is 7.12. The van der Waals surface area contributed by atoms with Gasteiger partial charge in [0.15, 0.2) is 0 Å². The molecular weight excluding hydrogens is 415 g/mol. The molecule has 0 nitrogen and oxygen atoms in total. The van der Waals surface area contributed by atoms with Crippen LogP contribution in [0, 0.1) is 6.92 Å². The van der Waals surface area contributed by atoms with Crippen LogP contribution in [0.3, 0.4) is 0 Å². The quantitative estimate of drug-likeness (QED) is 0.346. The molecule has 0 N–H and O–H groups in total. The summed E-state index contributed by atoms with van der Waals surface area (Å²) < 4.78 is 0. The SMILES string of the molecule is Cc1ccccc1C(=Pc1c(C(C)(C)C)cc(C(C)(C)C)cc1C(C)(C)C)c1ccccc1. The van der Waals surface area contributed by atoms with Crippen LogP contribution < -0.4 is 5.30 Å². The largest absolute Gasteiger partial charge is 0.0622 e. The summed E-state index contributed by atoms with van der Waals surface area (Å²) in [5.41, 5.74) is 8.52. The van der Waals surface area contributed by atoms with Crippen molar-refractivity contribution in [1.82, 2.24) is 0 Å². The second-order valence-corrected chi connectivity index (χ2v) is 13.4. The zero-order valence-corrected chi connectivity index (χ0v) is 23.2. The molecule has 3 aromatic rings. The molecule has 1 heteroatoms. The number of hydrogen-bond donors (Lipinski definition) is 0. The Morgan fingerprint density at radius 3 is 1.55 bits per heavy atom. The third-order valence-electron chi connectivity index (χ3n) is 6.26. The van der Waals surface area contributed by atoms with Crippen molar-refractivity contribution < 1.29 is 0 Å². The molecule has 33 heavy (non-hydrogen) atoms. The monoisotopic (exact) mass is 456 g/mol. The van der Waals surface area contributed by atoms with Crippen molar-refractivity contribution in [2.24, 2.45) is 0 Å². The molecule has 174 valence electrons. The third-order valence-corrected chi connectivity index (χ3v) is 7.69. The van der Waals surface area contributed by atoms with Gasteiger partial charge in [0.1, 0.15) is 0 Å². The molecule has 0 fully saturated rings. The maximum absolute atomic E-state index is 2.48. The molecule has 0 aromatic heterocycles. The van der Waals surface area contributed by atoms with Crippen LogP contribution in [-0.2, 0) is 16.2 Å². The van der Waals surface area contributed by atoms with Gasteiger partial charge in [-0.2, -0.15) is 0 Å². The molecule has 0 saturated heterocycles. The van der Waals surface area contributed by atoms with Gasteiger partial charge in [-0.15, -0.1) is 0 Å². The number of aryl methyl sites for hydroxylation is 1. The van der Waals surface area contributed by atoms with E-state index in [-0.39, 0.29) is 16.2 Å². The minimum atomic E-state index is 0.0527. The number of benzene rings is 3. The van der Waals surface area contributed by atoms with Crippen LogP contribution >= 0.6 is 8.20 Å². The summed E-state index contributed by atoms with van der Waals surface area (Å²) in [6.07, 6.45) is 0. The minimum absolute atomic E-state index is 0.0527. The highest BCUT2D eigenvalue weighted by molar-refractivity contribution is 7.50. The van der Waals surface area contributed by atoms with Crippen molar-refractivity contribution in [3.05, 3.63) is 100 Å². The highest BCUT2D eigenvalue weighted by atomic mass is 31.1. The van der Waals surface area contributed by atoms with Gasteiger partial charge in [-0.3, -0.25) is 0 Å². The lowest BCUT2D eigenvalue weighted by molar-refractivity contribution is 0.554. The fourth-order valence-electron chi connectivity index (χ4n) is 4.16.